The van der Waals surface area contributed by atoms with Gasteiger partial charge in [-0.05, 0) is 6.92 Å². The van der Waals surface area contributed by atoms with Crippen LogP contribution in [0.4, 0.5) is 0 Å². The summed E-state index contributed by atoms with van der Waals surface area (Å²) < 4.78 is 0. The van der Waals surface area contributed by atoms with Crippen molar-refractivity contribution in [2.45, 2.75) is 19.8 Å². The van der Waals surface area contributed by atoms with Gasteiger partial charge in [-0.1, -0.05) is 29.8 Å². The van der Waals surface area contributed by atoms with Crippen molar-refractivity contribution >= 4 is 11.7 Å². The zero-order valence-electron chi connectivity index (χ0n) is 8.12. The largest absolute Gasteiger partial charge is 0.370 e. The Kier molecular flexibility index (Phi) is 3.40. The van der Waals surface area contributed by atoms with Crippen LogP contribution in [0.25, 0.3) is 0 Å². The molecule has 0 fully saturated rings. The zero-order chi connectivity index (χ0) is 10.6. The summed E-state index contributed by atoms with van der Waals surface area (Å²) in [6.07, 6.45) is 0.311. The lowest BCUT2D eigenvalue weighted by molar-refractivity contribution is -0.118. The number of amides is 1. The average Bonchev–Trinajstić information content (AvgIpc) is 2.15. The Balaban J connectivity index is 2.61. The van der Waals surface area contributed by atoms with Gasteiger partial charge in [0.2, 0.25) is 5.91 Å². The van der Waals surface area contributed by atoms with Gasteiger partial charge in [-0.2, -0.15) is 0 Å². The van der Waals surface area contributed by atoms with Crippen molar-refractivity contribution in [1.29, 1.82) is 0 Å². The third-order valence-corrected chi connectivity index (χ3v) is 1.97. The molecule has 0 saturated heterocycles. The molecule has 0 bridgehead atoms. The highest BCUT2D eigenvalue weighted by Crippen LogP contribution is 2.07. The maximum absolute atomic E-state index is 11.5. The molecule has 0 spiro atoms. The molecule has 0 aliphatic rings. The van der Waals surface area contributed by atoms with E-state index in [1.807, 2.05) is 19.1 Å². The van der Waals surface area contributed by atoms with E-state index in [0.717, 1.165) is 5.56 Å². The summed E-state index contributed by atoms with van der Waals surface area (Å²) in [5.41, 5.74) is 6.70. The van der Waals surface area contributed by atoms with Gasteiger partial charge in [-0.25, -0.2) is 0 Å². The summed E-state index contributed by atoms with van der Waals surface area (Å²) in [6, 6.07) is 7.27. The highest BCUT2D eigenvalue weighted by molar-refractivity contribution is 5.97. The van der Waals surface area contributed by atoms with Gasteiger partial charge in [0, 0.05) is 18.4 Å². The predicted octanol–water partition coefficient (Wildman–Crippen LogP) is 1.44. The van der Waals surface area contributed by atoms with Gasteiger partial charge in [0.1, 0.15) is 0 Å². The number of carbonyl (C=O) groups excluding carboxylic acids is 2. The first-order valence-corrected chi connectivity index (χ1v) is 4.48. The molecule has 3 nitrogen and oxygen atoms in total. The first-order valence-electron chi connectivity index (χ1n) is 4.48. The number of carbonyl (C=O) groups is 2. The van der Waals surface area contributed by atoms with Crippen molar-refractivity contribution in [2.75, 3.05) is 0 Å². The van der Waals surface area contributed by atoms with Crippen LogP contribution in [-0.4, -0.2) is 11.7 Å². The molecule has 14 heavy (non-hydrogen) atoms. The Labute approximate surface area is 82.9 Å². The minimum absolute atomic E-state index is 0.0381. The number of Topliss-reactive ketones (excluding diaryl/α,β-unsaturated/α-hetero) is 1. The van der Waals surface area contributed by atoms with Gasteiger partial charge < -0.3 is 5.73 Å². The van der Waals surface area contributed by atoms with Gasteiger partial charge in [0.05, 0.1) is 0 Å². The van der Waals surface area contributed by atoms with E-state index in [1.165, 1.54) is 0 Å². The topological polar surface area (TPSA) is 60.2 Å². The summed E-state index contributed by atoms with van der Waals surface area (Å²) in [7, 11) is 0. The van der Waals surface area contributed by atoms with Crippen LogP contribution < -0.4 is 5.73 Å². The Morgan fingerprint density at radius 2 is 1.71 bits per heavy atom. The monoisotopic (exact) mass is 191 g/mol. The van der Waals surface area contributed by atoms with Crippen molar-refractivity contribution in [2.24, 2.45) is 5.73 Å². The maximum Gasteiger partial charge on any atom is 0.217 e. The minimum atomic E-state index is -0.439. The van der Waals surface area contributed by atoms with E-state index < -0.39 is 5.91 Å². The number of primary amides is 1. The summed E-state index contributed by atoms with van der Waals surface area (Å²) >= 11 is 0. The normalized spacial score (nSPS) is 9.79. The lowest BCUT2D eigenvalue weighted by Crippen LogP contribution is -2.12. The van der Waals surface area contributed by atoms with Crippen molar-refractivity contribution in [3.8, 4) is 0 Å². The molecule has 0 heterocycles. The fourth-order valence-electron chi connectivity index (χ4n) is 1.12. The molecule has 74 valence electrons. The second-order valence-corrected chi connectivity index (χ2v) is 3.26. The number of hydrogen-bond donors (Lipinski definition) is 1. The molecule has 0 aromatic heterocycles. The first kappa shape index (κ1) is 10.4. The van der Waals surface area contributed by atoms with Crippen LogP contribution in [0.2, 0.25) is 0 Å². The first-order chi connectivity index (χ1) is 6.59. The van der Waals surface area contributed by atoms with Crippen LogP contribution in [-0.2, 0) is 4.79 Å². The van der Waals surface area contributed by atoms with E-state index in [2.05, 4.69) is 0 Å². The van der Waals surface area contributed by atoms with Crippen molar-refractivity contribution in [3.63, 3.8) is 0 Å². The Hall–Kier alpha value is -1.64. The summed E-state index contributed by atoms with van der Waals surface area (Å²) in [5.74, 6) is -0.478. The van der Waals surface area contributed by atoms with E-state index >= 15 is 0 Å². The fourth-order valence-corrected chi connectivity index (χ4v) is 1.12. The molecule has 0 aliphatic carbocycles. The van der Waals surface area contributed by atoms with Crippen LogP contribution in [0.3, 0.4) is 0 Å². The maximum atomic E-state index is 11.5. The third-order valence-electron chi connectivity index (χ3n) is 1.97. The Morgan fingerprint density at radius 3 is 2.21 bits per heavy atom. The summed E-state index contributed by atoms with van der Waals surface area (Å²) in [6.45, 7) is 1.96. The highest BCUT2D eigenvalue weighted by Gasteiger charge is 2.06. The second kappa shape index (κ2) is 4.56. The number of rotatable bonds is 4. The zero-order valence-corrected chi connectivity index (χ0v) is 8.12. The van der Waals surface area contributed by atoms with Gasteiger partial charge >= 0.3 is 0 Å². The van der Waals surface area contributed by atoms with E-state index in [0.29, 0.717) is 5.56 Å². The van der Waals surface area contributed by atoms with Gasteiger partial charge in [0.25, 0.3) is 0 Å². The van der Waals surface area contributed by atoms with Crippen LogP contribution in [0.15, 0.2) is 24.3 Å². The van der Waals surface area contributed by atoms with Crippen molar-refractivity contribution in [1.82, 2.24) is 0 Å². The number of hydrogen-bond acceptors (Lipinski definition) is 2. The molecular weight excluding hydrogens is 178 g/mol. The SMILES string of the molecule is Cc1ccc(C(=O)CCC(N)=O)cc1. The number of benzene rings is 1. The molecule has 0 aliphatic heterocycles. The van der Waals surface area contributed by atoms with E-state index in [9.17, 15) is 9.59 Å². The number of nitrogens with two attached hydrogens (primary N) is 1. The van der Waals surface area contributed by atoms with Gasteiger partial charge in [-0.15, -0.1) is 0 Å². The van der Waals surface area contributed by atoms with Crippen LogP contribution in [0.5, 0.6) is 0 Å². The van der Waals surface area contributed by atoms with E-state index in [4.69, 9.17) is 5.73 Å². The fraction of sp³-hybridized carbons (Fsp3) is 0.273. The van der Waals surface area contributed by atoms with Crippen LogP contribution in [0, 0.1) is 6.92 Å². The molecule has 0 radical (unpaired) electrons. The molecule has 1 rings (SSSR count). The van der Waals surface area contributed by atoms with Crippen LogP contribution >= 0.6 is 0 Å². The molecular formula is C11H13NO2. The second-order valence-electron chi connectivity index (χ2n) is 3.26. The van der Waals surface area contributed by atoms with E-state index in [-0.39, 0.29) is 18.6 Å². The lowest BCUT2D eigenvalue weighted by Gasteiger charge is -1.99. The molecule has 3 heteroatoms. The molecule has 0 atom stereocenters. The number of aryl methyl sites for hydroxylation is 1. The minimum Gasteiger partial charge on any atom is -0.370 e. The standard InChI is InChI=1S/C11H13NO2/c1-8-2-4-9(5-3-8)10(13)6-7-11(12)14/h2-5H,6-7H2,1H3,(H2,12,14). The Bertz CT molecular complexity index is 341. The molecule has 0 saturated carbocycles. The molecule has 1 amide bonds. The summed E-state index contributed by atoms with van der Waals surface area (Å²) in [5, 5.41) is 0. The predicted molar refractivity (Wildman–Crippen MR) is 53.9 cm³/mol. The average molecular weight is 191 g/mol. The van der Waals surface area contributed by atoms with Gasteiger partial charge in [0.15, 0.2) is 5.78 Å². The number of ketones is 1. The summed E-state index contributed by atoms with van der Waals surface area (Å²) in [4.78, 5) is 21.9. The third kappa shape index (κ3) is 3.01. The van der Waals surface area contributed by atoms with Crippen molar-refractivity contribution < 1.29 is 9.59 Å². The van der Waals surface area contributed by atoms with Crippen molar-refractivity contribution in [3.05, 3.63) is 35.4 Å². The smallest absolute Gasteiger partial charge is 0.217 e. The van der Waals surface area contributed by atoms with E-state index in [1.54, 1.807) is 12.1 Å². The molecule has 1 aromatic carbocycles. The van der Waals surface area contributed by atoms with Crippen LogP contribution in [0.1, 0.15) is 28.8 Å². The molecule has 1 aromatic rings. The molecule has 2 N–H and O–H groups in total. The quantitative estimate of drug-likeness (QED) is 0.732. The highest BCUT2D eigenvalue weighted by atomic mass is 16.1. The molecule has 0 unspecified atom stereocenters. The lowest BCUT2D eigenvalue weighted by atomic mass is 10.1. The Morgan fingerprint density at radius 1 is 1.14 bits per heavy atom. The van der Waals surface area contributed by atoms with Gasteiger partial charge in [-0.3, -0.25) is 9.59 Å².